The number of hydrogen-bond donors (Lipinski definition) is 3. The number of aromatic amines is 1. The lowest BCUT2D eigenvalue weighted by molar-refractivity contribution is 0.0938. The number of aryl methyl sites for hydroxylation is 2. The third kappa shape index (κ3) is 5.04. The summed E-state index contributed by atoms with van der Waals surface area (Å²) >= 11 is 0. The second kappa shape index (κ2) is 9.71. The zero-order valence-electron chi connectivity index (χ0n) is 18.5. The Bertz CT molecular complexity index is 1460. The zero-order chi connectivity index (χ0) is 24.2. The Hall–Kier alpha value is -4.25. The summed E-state index contributed by atoms with van der Waals surface area (Å²) in [6, 6.07) is 13.1. The van der Waals surface area contributed by atoms with Crippen molar-refractivity contribution < 1.29 is 14.2 Å². The SMILES string of the molecule is Cc1cccc(OCC(O)Cn2c(NN=Cc3ccc(F)cc3)nc3c2c(=O)[nH]c(=O)n3C)c1. The minimum absolute atomic E-state index is 0.0366. The molecule has 0 aliphatic carbocycles. The number of aliphatic hydroxyl groups is 1. The summed E-state index contributed by atoms with van der Waals surface area (Å²) in [6.45, 7) is 1.84. The molecule has 0 amide bonds. The van der Waals surface area contributed by atoms with Gasteiger partial charge in [-0.25, -0.2) is 14.6 Å². The molecule has 11 heteroatoms. The number of nitrogens with zero attached hydrogens (tertiary/aromatic N) is 4. The number of anilines is 1. The Labute approximate surface area is 193 Å². The van der Waals surface area contributed by atoms with Crippen molar-refractivity contribution in [3.8, 4) is 5.75 Å². The van der Waals surface area contributed by atoms with Gasteiger partial charge in [-0.1, -0.05) is 24.3 Å². The smallest absolute Gasteiger partial charge is 0.329 e. The zero-order valence-corrected chi connectivity index (χ0v) is 18.5. The number of fused-ring (bicyclic) bond motifs is 1. The number of benzene rings is 2. The van der Waals surface area contributed by atoms with Gasteiger partial charge in [-0.2, -0.15) is 10.1 Å². The van der Waals surface area contributed by atoms with Crippen molar-refractivity contribution in [2.45, 2.75) is 19.6 Å². The van der Waals surface area contributed by atoms with Crippen LogP contribution in [0.15, 0.2) is 63.2 Å². The van der Waals surface area contributed by atoms with Crippen LogP contribution in [0.2, 0.25) is 0 Å². The van der Waals surface area contributed by atoms with Crippen molar-refractivity contribution in [3.05, 3.63) is 86.3 Å². The number of H-pyrrole nitrogens is 1. The van der Waals surface area contributed by atoms with Crippen LogP contribution in [0.25, 0.3) is 11.2 Å². The maximum atomic E-state index is 13.1. The average molecular weight is 466 g/mol. The van der Waals surface area contributed by atoms with Crippen LogP contribution in [0, 0.1) is 12.7 Å². The standard InChI is InChI=1S/C23H23FN6O4/c1-14-4-3-5-18(10-14)34-13-17(31)12-30-19-20(29(2)23(33)27-21(19)32)26-22(30)28-25-11-15-6-8-16(24)9-7-15/h3-11,17,31H,12-13H2,1-2H3,(H,26,28)(H,27,32,33). The Morgan fingerprint density at radius 3 is 2.76 bits per heavy atom. The first kappa shape index (κ1) is 22.9. The molecule has 0 spiro atoms. The summed E-state index contributed by atoms with van der Waals surface area (Å²) in [5, 5.41) is 14.7. The van der Waals surface area contributed by atoms with E-state index in [0.717, 1.165) is 5.56 Å². The molecule has 2 heterocycles. The fraction of sp³-hybridized carbons (Fsp3) is 0.217. The molecule has 0 fully saturated rings. The van der Waals surface area contributed by atoms with Crippen LogP contribution in [0.5, 0.6) is 5.75 Å². The van der Waals surface area contributed by atoms with Crippen LogP contribution in [-0.2, 0) is 13.6 Å². The van der Waals surface area contributed by atoms with Gasteiger partial charge in [0.1, 0.15) is 24.3 Å². The molecule has 4 aromatic rings. The first-order valence-corrected chi connectivity index (χ1v) is 10.4. The lowest BCUT2D eigenvalue weighted by Crippen LogP contribution is -2.30. The molecule has 0 saturated heterocycles. The summed E-state index contributed by atoms with van der Waals surface area (Å²) in [6.07, 6.45) is 0.445. The van der Waals surface area contributed by atoms with Crippen molar-refractivity contribution in [1.82, 2.24) is 19.1 Å². The van der Waals surface area contributed by atoms with Crippen LogP contribution in [0.4, 0.5) is 10.3 Å². The molecule has 10 nitrogen and oxygen atoms in total. The van der Waals surface area contributed by atoms with Crippen molar-refractivity contribution in [2.75, 3.05) is 12.0 Å². The third-order valence-corrected chi connectivity index (χ3v) is 5.08. The van der Waals surface area contributed by atoms with Crippen LogP contribution in [0.3, 0.4) is 0 Å². The van der Waals surface area contributed by atoms with E-state index in [1.807, 2.05) is 25.1 Å². The van der Waals surface area contributed by atoms with E-state index in [1.165, 1.54) is 34.5 Å². The molecule has 0 aliphatic heterocycles. The normalized spacial score (nSPS) is 12.4. The van der Waals surface area contributed by atoms with Gasteiger partial charge in [0, 0.05) is 7.05 Å². The highest BCUT2D eigenvalue weighted by Crippen LogP contribution is 2.17. The van der Waals surface area contributed by atoms with Crippen molar-refractivity contribution in [1.29, 1.82) is 0 Å². The van der Waals surface area contributed by atoms with E-state index < -0.39 is 17.4 Å². The molecule has 0 saturated carbocycles. The lowest BCUT2D eigenvalue weighted by atomic mass is 10.2. The molecule has 1 unspecified atom stereocenters. The largest absolute Gasteiger partial charge is 0.491 e. The summed E-state index contributed by atoms with van der Waals surface area (Å²) in [4.78, 5) is 31.2. The number of ether oxygens (including phenoxy) is 1. The summed E-state index contributed by atoms with van der Waals surface area (Å²) in [5.41, 5.74) is 3.34. The Kier molecular flexibility index (Phi) is 6.55. The minimum atomic E-state index is -1.00. The molecule has 3 N–H and O–H groups in total. The number of halogens is 1. The Morgan fingerprint density at radius 2 is 2.03 bits per heavy atom. The van der Waals surface area contributed by atoms with E-state index in [2.05, 4.69) is 20.5 Å². The van der Waals surface area contributed by atoms with Crippen LogP contribution < -0.4 is 21.4 Å². The minimum Gasteiger partial charge on any atom is -0.491 e. The molecule has 0 aliphatic rings. The molecular formula is C23H23FN6O4. The van der Waals surface area contributed by atoms with Crippen molar-refractivity contribution >= 4 is 23.3 Å². The first-order chi connectivity index (χ1) is 16.3. The number of imidazole rings is 1. The summed E-state index contributed by atoms with van der Waals surface area (Å²) < 4.78 is 21.4. The Balaban J connectivity index is 1.61. The number of nitrogens with one attached hydrogen (secondary N) is 2. The monoisotopic (exact) mass is 466 g/mol. The molecule has 176 valence electrons. The van der Waals surface area contributed by atoms with E-state index in [0.29, 0.717) is 11.3 Å². The fourth-order valence-corrected chi connectivity index (χ4v) is 3.37. The van der Waals surface area contributed by atoms with E-state index in [4.69, 9.17) is 4.74 Å². The van der Waals surface area contributed by atoms with E-state index in [-0.39, 0.29) is 36.1 Å². The molecule has 0 bridgehead atoms. The van der Waals surface area contributed by atoms with Gasteiger partial charge in [0.25, 0.3) is 5.56 Å². The highest BCUT2D eigenvalue weighted by molar-refractivity contribution is 5.80. The van der Waals surface area contributed by atoms with Crippen LogP contribution >= 0.6 is 0 Å². The van der Waals surface area contributed by atoms with Gasteiger partial charge >= 0.3 is 5.69 Å². The molecule has 1 atom stereocenters. The second-order valence-corrected chi connectivity index (χ2v) is 7.74. The van der Waals surface area contributed by atoms with E-state index in [9.17, 15) is 19.1 Å². The van der Waals surface area contributed by atoms with Gasteiger partial charge in [0.2, 0.25) is 5.95 Å². The number of aliphatic hydroxyl groups excluding tert-OH is 1. The quantitative estimate of drug-likeness (QED) is 0.268. The Morgan fingerprint density at radius 1 is 1.26 bits per heavy atom. The summed E-state index contributed by atoms with van der Waals surface area (Å²) in [5.74, 6) is 0.376. The number of aromatic nitrogens is 4. The van der Waals surface area contributed by atoms with Gasteiger partial charge < -0.3 is 14.4 Å². The lowest BCUT2D eigenvalue weighted by Gasteiger charge is -2.15. The highest BCUT2D eigenvalue weighted by atomic mass is 19.1. The highest BCUT2D eigenvalue weighted by Gasteiger charge is 2.20. The van der Waals surface area contributed by atoms with Crippen molar-refractivity contribution in [2.24, 2.45) is 12.1 Å². The number of hydrazone groups is 1. The fourth-order valence-electron chi connectivity index (χ4n) is 3.37. The number of hydrogen-bond acceptors (Lipinski definition) is 7. The topological polar surface area (TPSA) is 127 Å². The van der Waals surface area contributed by atoms with Crippen LogP contribution in [-0.4, -0.2) is 43.1 Å². The van der Waals surface area contributed by atoms with Gasteiger partial charge in [0.05, 0.1) is 12.8 Å². The molecule has 4 rings (SSSR count). The molecule has 2 aromatic heterocycles. The predicted octanol–water partition coefficient (Wildman–Crippen LogP) is 1.76. The first-order valence-electron chi connectivity index (χ1n) is 10.4. The maximum absolute atomic E-state index is 13.1. The molecular weight excluding hydrogens is 443 g/mol. The van der Waals surface area contributed by atoms with Crippen molar-refractivity contribution in [3.63, 3.8) is 0 Å². The maximum Gasteiger partial charge on any atom is 0.329 e. The van der Waals surface area contributed by atoms with Crippen LogP contribution in [0.1, 0.15) is 11.1 Å². The molecule has 0 radical (unpaired) electrons. The van der Waals surface area contributed by atoms with E-state index in [1.54, 1.807) is 18.2 Å². The molecule has 2 aromatic carbocycles. The van der Waals surface area contributed by atoms with E-state index >= 15 is 0 Å². The van der Waals surface area contributed by atoms with Gasteiger partial charge in [-0.15, -0.1) is 0 Å². The third-order valence-electron chi connectivity index (χ3n) is 5.08. The number of rotatable bonds is 8. The second-order valence-electron chi connectivity index (χ2n) is 7.74. The van der Waals surface area contributed by atoms with Gasteiger partial charge in [-0.05, 0) is 42.3 Å². The van der Waals surface area contributed by atoms with Gasteiger partial charge in [0.15, 0.2) is 11.2 Å². The average Bonchev–Trinajstić information content (AvgIpc) is 3.16. The predicted molar refractivity (Wildman–Crippen MR) is 126 cm³/mol. The van der Waals surface area contributed by atoms with Gasteiger partial charge in [-0.3, -0.25) is 14.3 Å². The summed E-state index contributed by atoms with van der Waals surface area (Å²) in [7, 11) is 1.47. The molecule has 34 heavy (non-hydrogen) atoms.